The Morgan fingerprint density at radius 1 is 1.08 bits per heavy atom. The molecule has 1 aromatic carbocycles. The van der Waals surface area contributed by atoms with Gasteiger partial charge in [0, 0.05) is 12.6 Å². The molecule has 0 N–H and O–H groups in total. The van der Waals surface area contributed by atoms with E-state index in [9.17, 15) is 0 Å². The first kappa shape index (κ1) is 15.0. The molecule has 0 spiro atoms. The van der Waals surface area contributed by atoms with Crippen LogP contribution in [0.5, 0.6) is 0 Å². The topological polar surface area (TPSA) is 64.7 Å². The van der Waals surface area contributed by atoms with Gasteiger partial charge in [-0.15, -0.1) is 0 Å². The van der Waals surface area contributed by atoms with Crippen molar-refractivity contribution in [3.8, 4) is 5.69 Å². The maximum atomic E-state index is 4.64. The highest BCUT2D eigenvalue weighted by atomic mass is 15.5. The highest BCUT2D eigenvalue weighted by Gasteiger charge is 2.24. The van der Waals surface area contributed by atoms with Crippen molar-refractivity contribution in [3.05, 3.63) is 54.9 Å². The summed E-state index contributed by atoms with van der Waals surface area (Å²) in [5.41, 5.74) is 1.99. The molecule has 0 unspecified atom stereocenters. The van der Waals surface area contributed by atoms with Gasteiger partial charge in [-0.05, 0) is 31.5 Å². The summed E-state index contributed by atoms with van der Waals surface area (Å²) in [6.45, 7) is 2.80. The van der Waals surface area contributed by atoms with Gasteiger partial charge in [-0.1, -0.05) is 24.6 Å². The fourth-order valence-corrected chi connectivity index (χ4v) is 3.28. The van der Waals surface area contributed by atoms with E-state index in [4.69, 9.17) is 0 Å². The molecule has 3 heterocycles. The van der Waals surface area contributed by atoms with Gasteiger partial charge in [-0.3, -0.25) is 9.58 Å². The van der Waals surface area contributed by atoms with Crippen molar-refractivity contribution < 1.29 is 0 Å². The van der Waals surface area contributed by atoms with E-state index >= 15 is 0 Å². The zero-order valence-electron chi connectivity index (χ0n) is 13.6. The number of aromatic nitrogens is 6. The second-order valence-corrected chi connectivity index (χ2v) is 6.20. The quantitative estimate of drug-likeness (QED) is 0.718. The van der Waals surface area contributed by atoms with Crippen LogP contribution in [0.4, 0.5) is 0 Å². The average molecular weight is 323 g/mol. The minimum absolute atomic E-state index is 0.474. The van der Waals surface area contributed by atoms with Gasteiger partial charge in [0.25, 0.3) is 0 Å². The number of benzene rings is 1. The Morgan fingerprint density at radius 2 is 2.00 bits per heavy atom. The van der Waals surface area contributed by atoms with Gasteiger partial charge < -0.3 is 0 Å². The first-order chi connectivity index (χ1) is 11.9. The summed E-state index contributed by atoms with van der Waals surface area (Å²) in [6.07, 6.45) is 8.95. The number of hydrogen-bond acceptors (Lipinski definition) is 5. The fourth-order valence-electron chi connectivity index (χ4n) is 3.28. The van der Waals surface area contributed by atoms with E-state index in [1.54, 1.807) is 17.5 Å². The van der Waals surface area contributed by atoms with Gasteiger partial charge in [0.2, 0.25) is 0 Å². The van der Waals surface area contributed by atoms with E-state index in [-0.39, 0.29) is 0 Å². The minimum atomic E-state index is 0.474. The second-order valence-electron chi connectivity index (χ2n) is 6.20. The zero-order chi connectivity index (χ0) is 16.2. The summed E-state index contributed by atoms with van der Waals surface area (Å²) >= 11 is 0. The van der Waals surface area contributed by atoms with Gasteiger partial charge in [0.05, 0.1) is 24.1 Å². The molecule has 1 fully saturated rings. The highest BCUT2D eigenvalue weighted by molar-refractivity contribution is 5.28. The standard InChI is InChI=1S/C17H21N7/c1-2-6-16(7-3-1)24-19-10-15(21-24)11-22-9-5-4-8-17(22)12-23-14-18-13-20-23/h1-3,6-7,10,13-14,17H,4-5,8-9,11-12H2/t17-/m0/s1. The van der Waals surface area contributed by atoms with E-state index in [1.165, 1.54) is 19.3 Å². The average Bonchev–Trinajstić information content (AvgIpc) is 3.29. The molecule has 1 saturated heterocycles. The van der Waals surface area contributed by atoms with Crippen LogP contribution in [0.2, 0.25) is 0 Å². The van der Waals surface area contributed by atoms with Crippen LogP contribution in [0.1, 0.15) is 25.0 Å². The largest absolute Gasteiger partial charge is 0.293 e. The summed E-state index contributed by atoms with van der Waals surface area (Å²) in [6, 6.07) is 10.5. The summed E-state index contributed by atoms with van der Waals surface area (Å²) < 4.78 is 1.92. The fraction of sp³-hybridized carbons (Fsp3) is 0.412. The van der Waals surface area contributed by atoms with E-state index < -0.39 is 0 Å². The third-order valence-corrected chi connectivity index (χ3v) is 4.50. The third kappa shape index (κ3) is 3.35. The number of para-hydroxylation sites is 1. The van der Waals surface area contributed by atoms with Crippen LogP contribution in [0, 0.1) is 0 Å². The van der Waals surface area contributed by atoms with Crippen molar-refractivity contribution >= 4 is 0 Å². The predicted molar refractivity (Wildman–Crippen MR) is 89.4 cm³/mol. The predicted octanol–water partition coefficient (Wildman–Crippen LogP) is 1.91. The summed E-state index contributed by atoms with van der Waals surface area (Å²) in [5, 5.41) is 13.3. The Balaban J connectivity index is 1.46. The molecule has 2 aromatic heterocycles. The van der Waals surface area contributed by atoms with Crippen molar-refractivity contribution in [2.24, 2.45) is 0 Å². The molecule has 7 nitrogen and oxygen atoms in total. The molecule has 1 atom stereocenters. The van der Waals surface area contributed by atoms with Crippen molar-refractivity contribution in [2.45, 2.75) is 38.4 Å². The lowest BCUT2D eigenvalue weighted by Gasteiger charge is -2.34. The smallest absolute Gasteiger partial charge is 0.137 e. The second kappa shape index (κ2) is 6.92. The van der Waals surface area contributed by atoms with Crippen LogP contribution in [-0.4, -0.2) is 47.2 Å². The first-order valence-electron chi connectivity index (χ1n) is 8.41. The molecule has 24 heavy (non-hydrogen) atoms. The Bertz CT molecular complexity index is 750. The molecule has 7 heteroatoms. The minimum Gasteiger partial charge on any atom is -0.293 e. The Hall–Kier alpha value is -2.54. The Morgan fingerprint density at radius 3 is 2.83 bits per heavy atom. The van der Waals surface area contributed by atoms with Gasteiger partial charge in [0.1, 0.15) is 12.7 Å². The van der Waals surface area contributed by atoms with Gasteiger partial charge >= 0.3 is 0 Å². The molecule has 0 radical (unpaired) electrons. The van der Waals surface area contributed by atoms with E-state index in [0.717, 1.165) is 31.0 Å². The number of hydrogen-bond donors (Lipinski definition) is 0. The van der Waals surface area contributed by atoms with Crippen molar-refractivity contribution in [1.29, 1.82) is 0 Å². The molecule has 3 aromatic rings. The third-order valence-electron chi connectivity index (χ3n) is 4.50. The monoisotopic (exact) mass is 323 g/mol. The lowest BCUT2D eigenvalue weighted by Crippen LogP contribution is -2.41. The molecule has 0 bridgehead atoms. The molecule has 0 saturated carbocycles. The first-order valence-corrected chi connectivity index (χ1v) is 8.41. The Labute approximate surface area is 140 Å². The molecular weight excluding hydrogens is 302 g/mol. The summed E-state index contributed by atoms with van der Waals surface area (Å²) in [5.74, 6) is 0. The van der Waals surface area contributed by atoms with Crippen molar-refractivity contribution in [2.75, 3.05) is 6.54 Å². The normalized spacial score (nSPS) is 18.8. The summed E-state index contributed by atoms with van der Waals surface area (Å²) in [7, 11) is 0. The van der Waals surface area contributed by atoms with Crippen LogP contribution >= 0.6 is 0 Å². The molecule has 0 aliphatic carbocycles. The van der Waals surface area contributed by atoms with Crippen molar-refractivity contribution in [1.82, 2.24) is 34.7 Å². The molecule has 0 amide bonds. The molecule has 1 aliphatic rings. The number of piperidine rings is 1. The number of rotatable bonds is 5. The zero-order valence-corrected chi connectivity index (χ0v) is 13.6. The molecule has 4 rings (SSSR count). The maximum absolute atomic E-state index is 4.64. The van der Waals surface area contributed by atoms with Crippen molar-refractivity contribution in [3.63, 3.8) is 0 Å². The van der Waals surface area contributed by atoms with Gasteiger partial charge in [0.15, 0.2) is 0 Å². The molecule has 124 valence electrons. The summed E-state index contributed by atoms with van der Waals surface area (Å²) in [4.78, 5) is 8.23. The van der Waals surface area contributed by atoms with Crippen LogP contribution in [0.15, 0.2) is 49.2 Å². The van der Waals surface area contributed by atoms with Crippen LogP contribution in [0.3, 0.4) is 0 Å². The molecule has 1 aliphatic heterocycles. The van der Waals surface area contributed by atoms with E-state index in [0.29, 0.717) is 6.04 Å². The lowest BCUT2D eigenvalue weighted by atomic mass is 10.0. The maximum Gasteiger partial charge on any atom is 0.137 e. The van der Waals surface area contributed by atoms with Crippen LogP contribution in [-0.2, 0) is 13.1 Å². The van der Waals surface area contributed by atoms with Gasteiger partial charge in [-0.25, -0.2) is 4.98 Å². The Kier molecular flexibility index (Phi) is 4.33. The SMILES string of the molecule is c1ccc(-n2ncc(CN3CCCC[C@H]3Cn3cncn3)n2)cc1. The van der Waals surface area contributed by atoms with E-state index in [2.05, 4.69) is 25.2 Å². The van der Waals surface area contributed by atoms with Gasteiger partial charge in [-0.2, -0.15) is 20.1 Å². The molecular formula is C17H21N7. The number of likely N-dealkylation sites (tertiary alicyclic amines) is 1. The highest BCUT2D eigenvalue weighted by Crippen LogP contribution is 2.20. The van der Waals surface area contributed by atoms with Crippen LogP contribution < -0.4 is 0 Å². The number of nitrogens with zero attached hydrogens (tertiary/aromatic N) is 7. The lowest BCUT2D eigenvalue weighted by molar-refractivity contribution is 0.120. The van der Waals surface area contributed by atoms with Crippen LogP contribution in [0.25, 0.3) is 5.69 Å². The van der Waals surface area contributed by atoms with E-state index in [1.807, 2.05) is 41.2 Å².